The van der Waals surface area contributed by atoms with E-state index in [-0.39, 0.29) is 25.2 Å². The number of aliphatic hydroxyl groups excluding tert-OH is 1. The van der Waals surface area contributed by atoms with E-state index in [2.05, 4.69) is 5.32 Å². The van der Waals surface area contributed by atoms with E-state index in [1.807, 2.05) is 20.8 Å². The van der Waals surface area contributed by atoms with Crippen molar-refractivity contribution in [3.8, 4) is 5.75 Å². The molecular weight excluding hydrogens is 266 g/mol. The second kappa shape index (κ2) is 7.36. The van der Waals surface area contributed by atoms with E-state index in [0.29, 0.717) is 17.2 Å². The number of aryl methyl sites for hydroxylation is 2. The molecule has 0 aliphatic rings. The van der Waals surface area contributed by atoms with Crippen LogP contribution in [0, 0.1) is 13.8 Å². The predicted molar refractivity (Wildman–Crippen MR) is 75.7 cm³/mol. The number of halogens is 1. The van der Waals surface area contributed by atoms with Gasteiger partial charge in [-0.15, -0.1) is 0 Å². The van der Waals surface area contributed by atoms with Gasteiger partial charge >= 0.3 is 0 Å². The maximum absolute atomic E-state index is 11.6. The maximum Gasteiger partial charge on any atom is 0.258 e. The molecule has 5 heteroatoms. The van der Waals surface area contributed by atoms with Crippen LogP contribution in [0.2, 0.25) is 5.02 Å². The minimum Gasteiger partial charge on any atom is -0.484 e. The lowest BCUT2D eigenvalue weighted by molar-refractivity contribution is -0.123. The number of carbonyl (C=O) groups excluding carboxylic acids is 1. The summed E-state index contributed by atoms with van der Waals surface area (Å²) >= 11 is 6.06. The summed E-state index contributed by atoms with van der Waals surface area (Å²) in [6.45, 7) is 5.63. The summed E-state index contributed by atoms with van der Waals surface area (Å²) in [7, 11) is 0. The smallest absolute Gasteiger partial charge is 0.258 e. The Morgan fingerprint density at radius 1 is 1.42 bits per heavy atom. The number of hydrogen-bond donors (Lipinski definition) is 2. The number of aliphatic hydroxyl groups is 1. The van der Waals surface area contributed by atoms with Crippen molar-refractivity contribution in [3.63, 3.8) is 0 Å². The van der Waals surface area contributed by atoms with E-state index in [1.54, 1.807) is 12.1 Å². The normalized spacial score (nSPS) is 12.1. The number of carbonyl (C=O) groups is 1. The summed E-state index contributed by atoms with van der Waals surface area (Å²) in [5.41, 5.74) is 1.84. The van der Waals surface area contributed by atoms with Crippen molar-refractivity contribution in [1.29, 1.82) is 0 Å². The Balaban J connectivity index is 2.51. The van der Waals surface area contributed by atoms with Gasteiger partial charge in [0.15, 0.2) is 6.61 Å². The first-order valence-electron chi connectivity index (χ1n) is 6.23. The van der Waals surface area contributed by atoms with Gasteiger partial charge in [-0.1, -0.05) is 11.6 Å². The van der Waals surface area contributed by atoms with Gasteiger partial charge in [0.25, 0.3) is 5.91 Å². The lowest BCUT2D eigenvalue weighted by atomic mass is 10.1. The number of hydrogen-bond acceptors (Lipinski definition) is 3. The van der Waals surface area contributed by atoms with Crippen molar-refractivity contribution in [2.75, 3.05) is 13.2 Å². The van der Waals surface area contributed by atoms with Crippen LogP contribution in [0.15, 0.2) is 12.1 Å². The Morgan fingerprint density at radius 3 is 2.53 bits per heavy atom. The molecule has 0 spiro atoms. The van der Waals surface area contributed by atoms with Crippen molar-refractivity contribution < 1.29 is 14.6 Å². The first kappa shape index (κ1) is 15.8. The van der Waals surface area contributed by atoms with Gasteiger partial charge in [-0.2, -0.15) is 0 Å². The number of nitrogens with one attached hydrogen (secondary N) is 1. The average molecular weight is 286 g/mol. The summed E-state index contributed by atoms with van der Waals surface area (Å²) < 4.78 is 5.43. The fourth-order valence-corrected chi connectivity index (χ4v) is 1.83. The third kappa shape index (κ3) is 5.09. The van der Waals surface area contributed by atoms with Crippen LogP contribution in [-0.4, -0.2) is 30.3 Å². The Kier molecular flexibility index (Phi) is 6.12. The third-order valence-corrected chi connectivity index (χ3v) is 3.35. The fraction of sp³-hybridized carbons (Fsp3) is 0.500. The van der Waals surface area contributed by atoms with Crippen LogP contribution in [0.25, 0.3) is 0 Å². The summed E-state index contributed by atoms with van der Waals surface area (Å²) in [6, 6.07) is 3.55. The van der Waals surface area contributed by atoms with E-state index in [4.69, 9.17) is 21.4 Å². The van der Waals surface area contributed by atoms with Gasteiger partial charge < -0.3 is 15.2 Å². The number of rotatable bonds is 6. The molecule has 1 aromatic rings. The van der Waals surface area contributed by atoms with E-state index >= 15 is 0 Å². The Morgan fingerprint density at radius 2 is 2.00 bits per heavy atom. The van der Waals surface area contributed by atoms with Gasteiger partial charge in [0.05, 0.1) is 0 Å². The molecule has 1 unspecified atom stereocenters. The average Bonchev–Trinajstić information content (AvgIpc) is 2.33. The van der Waals surface area contributed by atoms with E-state index in [1.165, 1.54) is 0 Å². The van der Waals surface area contributed by atoms with Gasteiger partial charge in [0.2, 0.25) is 0 Å². The SMILES string of the molecule is Cc1cc(OCC(=O)NC(C)CCO)cc(C)c1Cl. The van der Waals surface area contributed by atoms with Crippen LogP contribution < -0.4 is 10.1 Å². The van der Waals surface area contributed by atoms with Crippen molar-refractivity contribution in [2.45, 2.75) is 33.2 Å². The molecule has 1 aromatic carbocycles. The molecule has 0 bridgehead atoms. The van der Waals surface area contributed by atoms with Crippen LogP contribution in [0.3, 0.4) is 0 Å². The Hall–Kier alpha value is -1.26. The first-order chi connectivity index (χ1) is 8.93. The van der Waals surface area contributed by atoms with Crippen LogP contribution in [0.1, 0.15) is 24.5 Å². The zero-order valence-corrected chi connectivity index (χ0v) is 12.3. The van der Waals surface area contributed by atoms with Crippen molar-refractivity contribution >= 4 is 17.5 Å². The molecule has 0 heterocycles. The molecule has 0 fully saturated rings. The fourth-order valence-electron chi connectivity index (χ4n) is 1.72. The molecule has 1 rings (SSSR count). The molecule has 4 nitrogen and oxygen atoms in total. The topological polar surface area (TPSA) is 58.6 Å². The predicted octanol–water partition coefficient (Wildman–Crippen LogP) is 2.22. The zero-order chi connectivity index (χ0) is 14.4. The lowest BCUT2D eigenvalue weighted by Crippen LogP contribution is -2.36. The number of benzene rings is 1. The molecule has 0 saturated carbocycles. The Bertz CT molecular complexity index is 425. The molecule has 2 N–H and O–H groups in total. The van der Waals surface area contributed by atoms with E-state index < -0.39 is 0 Å². The summed E-state index contributed by atoms with van der Waals surface area (Å²) in [5.74, 6) is 0.426. The monoisotopic (exact) mass is 285 g/mol. The van der Waals surface area contributed by atoms with Gasteiger partial charge in [-0.3, -0.25) is 4.79 Å². The van der Waals surface area contributed by atoms with Crippen LogP contribution >= 0.6 is 11.6 Å². The van der Waals surface area contributed by atoms with Crippen molar-refractivity contribution in [1.82, 2.24) is 5.32 Å². The molecule has 1 atom stereocenters. The second-order valence-corrected chi connectivity index (χ2v) is 5.02. The van der Waals surface area contributed by atoms with Gasteiger partial charge in [0, 0.05) is 17.7 Å². The molecule has 0 radical (unpaired) electrons. The van der Waals surface area contributed by atoms with Crippen LogP contribution in [0.5, 0.6) is 5.75 Å². The molecule has 0 aliphatic heterocycles. The summed E-state index contributed by atoms with van der Waals surface area (Å²) in [5, 5.41) is 12.2. The highest BCUT2D eigenvalue weighted by Crippen LogP contribution is 2.25. The number of ether oxygens (including phenoxy) is 1. The molecule has 19 heavy (non-hydrogen) atoms. The third-order valence-electron chi connectivity index (χ3n) is 2.75. The maximum atomic E-state index is 11.6. The van der Waals surface area contributed by atoms with Gasteiger partial charge in [-0.05, 0) is 50.5 Å². The van der Waals surface area contributed by atoms with Crippen LogP contribution in [0.4, 0.5) is 0 Å². The van der Waals surface area contributed by atoms with Crippen LogP contribution in [-0.2, 0) is 4.79 Å². The molecule has 0 aromatic heterocycles. The standard InChI is InChI=1S/C14H20ClNO3/c1-9-6-12(7-10(2)14(9)15)19-8-13(18)16-11(3)4-5-17/h6-7,11,17H,4-5,8H2,1-3H3,(H,16,18). The summed E-state index contributed by atoms with van der Waals surface area (Å²) in [4.78, 5) is 11.6. The van der Waals surface area contributed by atoms with Crippen molar-refractivity contribution in [2.24, 2.45) is 0 Å². The first-order valence-corrected chi connectivity index (χ1v) is 6.61. The summed E-state index contributed by atoms with van der Waals surface area (Å²) in [6.07, 6.45) is 0.533. The second-order valence-electron chi connectivity index (χ2n) is 4.64. The largest absolute Gasteiger partial charge is 0.484 e. The van der Waals surface area contributed by atoms with Crippen molar-refractivity contribution in [3.05, 3.63) is 28.3 Å². The minimum absolute atomic E-state index is 0.0454. The lowest BCUT2D eigenvalue weighted by Gasteiger charge is -2.13. The highest BCUT2D eigenvalue weighted by atomic mass is 35.5. The molecule has 0 saturated heterocycles. The van der Waals surface area contributed by atoms with Gasteiger partial charge in [0.1, 0.15) is 5.75 Å². The molecule has 106 valence electrons. The quantitative estimate of drug-likeness (QED) is 0.843. The number of amides is 1. The van der Waals surface area contributed by atoms with E-state index in [0.717, 1.165) is 11.1 Å². The highest BCUT2D eigenvalue weighted by molar-refractivity contribution is 6.32. The molecule has 0 aliphatic carbocycles. The highest BCUT2D eigenvalue weighted by Gasteiger charge is 2.09. The van der Waals surface area contributed by atoms with Gasteiger partial charge in [-0.25, -0.2) is 0 Å². The minimum atomic E-state index is -0.203. The molecular formula is C14H20ClNO3. The van der Waals surface area contributed by atoms with E-state index in [9.17, 15) is 4.79 Å². The zero-order valence-electron chi connectivity index (χ0n) is 11.5. The molecule has 1 amide bonds. The Labute approximate surface area is 118 Å².